The molecule has 2 atom stereocenters. The van der Waals surface area contributed by atoms with Crippen molar-refractivity contribution in [2.45, 2.75) is 44.6 Å². The van der Waals surface area contributed by atoms with Crippen molar-refractivity contribution in [1.29, 1.82) is 5.41 Å². The van der Waals surface area contributed by atoms with Crippen LogP contribution in [-0.4, -0.2) is 34.4 Å². The lowest BCUT2D eigenvalue weighted by Gasteiger charge is -2.33. The third kappa shape index (κ3) is 3.38. The molecule has 1 aliphatic carbocycles. The highest BCUT2D eigenvalue weighted by Crippen LogP contribution is 2.54. The molecule has 4 rings (SSSR count). The molecule has 5 heteroatoms. The smallest absolute Gasteiger partial charge is 0.239 e. The molecule has 0 aromatic heterocycles. The van der Waals surface area contributed by atoms with Gasteiger partial charge in [-0.05, 0) is 53.5 Å². The first-order valence-corrected chi connectivity index (χ1v) is 10.6. The first-order chi connectivity index (χ1) is 13.9. The summed E-state index contributed by atoms with van der Waals surface area (Å²) in [5, 5.41) is 19.2. The number of hydrogen-bond donors (Lipinski definition) is 2. The minimum atomic E-state index is -0.700. The molecule has 152 valence electrons. The average molecular weight is 411 g/mol. The van der Waals surface area contributed by atoms with E-state index < -0.39 is 5.41 Å². The Morgan fingerprint density at radius 3 is 2.41 bits per heavy atom. The van der Waals surface area contributed by atoms with Crippen LogP contribution in [0.25, 0.3) is 11.1 Å². The highest BCUT2D eigenvalue weighted by atomic mass is 35.5. The number of halogens is 1. The van der Waals surface area contributed by atoms with E-state index in [0.717, 1.165) is 29.5 Å². The van der Waals surface area contributed by atoms with Crippen LogP contribution >= 0.6 is 11.6 Å². The van der Waals surface area contributed by atoms with E-state index in [2.05, 4.69) is 6.07 Å². The highest BCUT2D eigenvalue weighted by molar-refractivity contribution is 6.30. The fraction of sp³-hybridized carbons (Fsp3) is 0.417. The van der Waals surface area contributed by atoms with Crippen molar-refractivity contribution < 1.29 is 9.90 Å². The van der Waals surface area contributed by atoms with E-state index in [4.69, 9.17) is 17.0 Å². The lowest BCUT2D eigenvalue weighted by Crippen LogP contribution is -2.48. The molecule has 2 aromatic rings. The number of carbonyl (C=O) groups excluding carboxylic acids is 1. The molecule has 2 unspecified atom stereocenters. The van der Waals surface area contributed by atoms with Gasteiger partial charge < -0.3 is 5.11 Å². The largest absolute Gasteiger partial charge is 0.394 e. The number of amidine groups is 1. The number of carbonyl (C=O) groups is 1. The molecular weight excluding hydrogens is 384 g/mol. The van der Waals surface area contributed by atoms with Crippen molar-refractivity contribution in [3.63, 3.8) is 0 Å². The van der Waals surface area contributed by atoms with Crippen LogP contribution in [0.5, 0.6) is 0 Å². The third-order valence-electron chi connectivity index (χ3n) is 6.44. The molecule has 1 heterocycles. The lowest BCUT2D eigenvalue weighted by atomic mass is 9.73. The van der Waals surface area contributed by atoms with Gasteiger partial charge in [0, 0.05) is 11.4 Å². The van der Waals surface area contributed by atoms with Gasteiger partial charge in [-0.25, -0.2) is 0 Å². The van der Waals surface area contributed by atoms with Crippen LogP contribution in [0, 0.1) is 17.2 Å². The van der Waals surface area contributed by atoms with Gasteiger partial charge in [0.25, 0.3) is 0 Å². The van der Waals surface area contributed by atoms with Crippen molar-refractivity contribution in [2.75, 3.05) is 6.61 Å². The van der Waals surface area contributed by atoms with E-state index in [-0.39, 0.29) is 30.4 Å². The van der Waals surface area contributed by atoms with Crippen LogP contribution in [-0.2, 0) is 10.2 Å². The molecule has 29 heavy (non-hydrogen) atoms. The zero-order valence-electron chi connectivity index (χ0n) is 16.9. The summed E-state index contributed by atoms with van der Waals surface area (Å²) in [5.41, 5.74) is 2.30. The van der Waals surface area contributed by atoms with Gasteiger partial charge in [0.2, 0.25) is 5.91 Å². The summed E-state index contributed by atoms with van der Waals surface area (Å²) in [6, 6.07) is 15.5. The fourth-order valence-electron chi connectivity index (χ4n) is 4.70. The van der Waals surface area contributed by atoms with Crippen molar-refractivity contribution in [2.24, 2.45) is 11.8 Å². The van der Waals surface area contributed by atoms with Gasteiger partial charge in [0.1, 0.15) is 5.84 Å². The number of aliphatic hydroxyl groups excluding tert-OH is 1. The Bertz CT molecular complexity index is 953. The van der Waals surface area contributed by atoms with Gasteiger partial charge in [-0.1, -0.05) is 61.8 Å². The Balaban J connectivity index is 1.78. The summed E-state index contributed by atoms with van der Waals surface area (Å²) in [7, 11) is 0. The van der Waals surface area contributed by atoms with Crippen molar-refractivity contribution >= 4 is 23.3 Å². The van der Waals surface area contributed by atoms with Crippen molar-refractivity contribution in [3.8, 4) is 11.1 Å². The monoisotopic (exact) mass is 410 g/mol. The molecule has 1 amide bonds. The summed E-state index contributed by atoms with van der Waals surface area (Å²) in [4.78, 5) is 15.3. The van der Waals surface area contributed by atoms with Crippen molar-refractivity contribution in [3.05, 3.63) is 59.1 Å². The molecule has 2 fully saturated rings. The quantitative estimate of drug-likeness (QED) is 0.712. The zero-order chi connectivity index (χ0) is 20.8. The Morgan fingerprint density at radius 2 is 1.83 bits per heavy atom. The second-order valence-corrected chi connectivity index (χ2v) is 9.07. The molecular formula is C24H27ClN2O2. The fourth-order valence-corrected chi connectivity index (χ4v) is 4.89. The minimum Gasteiger partial charge on any atom is -0.394 e. The molecule has 2 aromatic carbocycles. The predicted octanol–water partition coefficient (Wildman–Crippen LogP) is 4.88. The van der Waals surface area contributed by atoms with Crippen LogP contribution in [0.4, 0.5) is 0 Å². The van der Waals surface area contributed by atoms with Crippen LogP contribution < -0.4 is 0 Å². The van der Waals surface area contributed by atoms with E-state index in [1.54, 1.807) is 4.90 Å². The van der Waals surface area contributed by atoms with Crippen LogP contribution in [0.1, 0.15) is 38.7 Å². The number of aliphatic hydroxyl groups is 1. The normalized spacial score (nSPS) is 23.1. The number of likely N-dealkylation sites (tertiary alicyclic amines) is 1. The Kier molecular flexibility index (Phi) is 5.26. The first-order valence-electron chi connectivity index (χ1n) is 10.3. The maximum absolute atomic E-state index is 13.8. The number of amides is 1. The second-order valence-electron chi connectivity index (χ2n) is 8.63. The molecule has 1 saturated carbocycles. The second kappa shape index (κ2) is 7.58. The topological polar surface area (TPSA) is 64.4 Å². The average Bonchev–Trinajstić information content (AvgIpc) is 3.51. The van der Waals surface area contributed by atoms with Gasteiger partial charge in [-0.3, -0.25) is 15.1 Å². The molecule has 2 N–H and O–H groups in total. The van der Waals surface area contributed by atoms with Crippen LogP contribution in [0.2, 0.25) is 5.02 Å². The summed E-state index contributed by atoms with van der Waals surface area (Å²) in [6.45, 7) is 3.84. The molecule has 2 aliphatic rings. The Morgan fingerprint density at radius 1 is 1.17 bits per heavy atom. The highest BCUT2D eigenvalue weighted by Gasteiger charge is 2.60. The molecule has 0 spiro atoms. The molecule has 0 bridgehead atoms. The molecule has 1 aliphatic heterocycles. The van der Waals surface area contributed by atoms with Crippen molar-refractivity contribution in [1.82, 2.24) is 4.90 Å². The van der Waals surface area contributed by atoms with E-state index in [1.807, 2.05) is 56.3 Å². The van der Waals surface area contributed by atoms with E-state index in [0.29, 0.717) is 17.3 Å². The zero-order valence-corrected chi connectivity index (χ0v) is 17.6. The van der Waals surface area contributed by atoms with Crippen LogP contribution in [0.3, 0.4) is 0 Å². The summed E-state index contributed by atoms with van der Waals surface area (Å²) >= 11 is 6.18. The van der Waals surface area contributed by atoms with Gasteiger partial charge in [0.15, 0.2) is 0 Å². The van der Waals surface area contributed by atoms with E-state index in [1.165, 1.54) is 0 Å². The number of nitrogens with one attached hydrogen (secondary N) is 1. The lowest BCUT2D eigenvalue weighted by molar-refractivity contribution is -0.134. The number of hydrogen-bond acceptors (Lipinski definition) is 3. The Hall–Kier alpha value is -2.17. The molecule has 0 radical (unpaired) electrons. The van der Waals surface area contributed by atoms with Gasteiger partial charge in [-0.2, -0.15) is 0 Å². The molecule has 1 saturated heterocycles. The van der Waals surface area contributed by atoms with Gasteiger partial charge in [-0.15, -0.1) is 0 Å². The standard InChI is InChI=1S/C24H27ClN2O2/c1-15(2)21(14-28)27-22(26)13-24(23(27)29,18-9-10-18)19-7-3-5-16(11-19)17-6-4-8-20(25)12-17/h3-8,11-12,15,18,21,26,28H,9-10,13-14H2,1-2H3. The third-order valence-corrected chi connectivity index (χ3v) is 6.67. The van der Waals surface area contributed by atoms with Gasteiger partial charge >= 0.3 is 0 Å². The summed E-state index contributed by atoms with van der Waals surface area (Å²) < 4.78 is 0. The molecule has 4 nitrogen and oxygen atoms in total. The number of rotatable bonds is 6. The SMILES string of the molecule is CC(C)C(CO)N1C(=N)CC(c2cccc(-c3cccc(Cl)c3)c2)(C2CC2)C1=O. The maximum atomic E-state index is 13.8. The number of benzene rings is 2. The predicted molar refractivity (Wildman–Crippen MR) is 116 cm³/mol. The first kappa shape index (κ1) is 20.1. The van der Waals surface area contributed by atoms with Crippen LogP contribution in [0.15, 0.2) is 48.5 Å². The maximum Gasteiger partial charge on any atom is 0.239 e. The number of nitrogens with zero attached hydrogens (tertiary/aromatic N) is 1. The van der Waals surface area contributed by atoms with E-state index in [9.17, 15) is 9.90 Å². The van der Waals surface area contributed by atoms with Gasteiger partial charge in [0.05, 0.1) is 18.1 Å². The summed E-state index contributed by atoms with van der Waals surface area (Å²) in [5.74, 6) is 0.627. The van der Waals surface area contributed by atoms with E-state index >= 15 is 0 Å². The minimum absolute atomic E-state index is 0.0269. The Labute approximate surface area is 177 Å². The summed E-state index contributed by atoms with van der Waals surface area (Å²) in [6.07, 6.45) is 2.40.